The van der Waals surface area contributed by atoms with Crippen molar-refractivity contribution in [2.24, 2.45) is 0 Å². The lowest BCUT2D eigenvalue weighted by atomic mass is 9.80. The number of hydrogen-bond acceptors (Lipinski definition) is 5. The van der Waals surface area contributed by atoms with E-state index in [-0.39, 0.29) is 5.91 Å². The maximum absolute atomic E-state index is 13.3. The van der Waals surface area contributed by atoms with Crippen molar-refractivity contribution in [1.29, 1.82) is 5.41 Å². The van der Waals surface area contributed by atoms with E-state index in [1.54, 1.807) is 12.4 Å². The van der Waals surface area contributed by atoms with Gasteiger partial charge in [-0.3, -0.25) is 9.78 Å². The van der Waals surface area contributed by atoms with Crippen LogP contribution in [0.5, 0.6) is 5.75 Å². The van der Waals surface area contributed by atoms with Gasteiger partial charge in [0.2, 0.25) is 0 Å². The lowest BCUT2D eigenvalue weighted by Gasteiger charge is -2.45. The predicted octanol–water partition coefficient (Wildman–Crippen LogP) is 4.40. The van der Waals surface area contributed by atoms with Gasteiger partial charge in [0.25, 0.3) is 5.91 Å². The zero-order chi connectivity index (χ0) is 22.8. The number of nitrogens with one attached hydrogen (secondary N) is 2. The van der Waals surface area contributed by atoms with Gasteiger partial charge in [-0.2, -0.15) is 0 Å². The van der Waals surface area contributed by atoms with Gasteiger partial charge in [0, 0.05) is 68.3 Å². The van der Waals surface area contributed by atoms with Crippen LogP contribution >= 0.6 is 0 Å². The predicted molar refractivity (Wildman–Crippen MR) is 129 cm³/mol. The molecule has 2 aliphatic heterocycles. The summed E-state index contributed by atoms with van der Waals surface area (Å²) in [6.45, 7) is 1.09. The minimum Gasteiger partial charge on any atom is -0.482 e. The van der Waals surface area contributed by atoms with Gasteiger partial charge in [-0.1, -0.05) is 42.5 Å². The number of aromatic nitrogens is 1. The van der Waals surface area contributed by atoms with E-state index in [1.807, 2.05) is 72.6 Å². The number of pyridine rings is 1. The van der Waals surface area contributed by atoms with Crippen molar-refractivity contribution in [1.82, 2.24) is 15.2 Å². The molecule has 6 heteroatoms. The van der Waals surface area contributed by atoms with Gasteiger partial charge < -0.3 is 20.4 Å². The van der Waals surface area contributed by atoms with Crippen molar-refractivity contribution in [3.63, 3.8) is 0 Å². The molecule has 3 heterocycles. The Bertz CT molecular complexity index is 1230. The third-order valence-electron chi connectivity index (χ3n) is 6.57. The van der Waals surface area contributed by atoms with E-state index in [0.717, 1.165) is 33.7 Å². The minimum absolute atomic E-state index is 0.0273. The number of carbonyl (C=O) groups excluding carboxylic acids is 1. The van der Waals surface area contributed by atoms with Crippen LogP contribution in [0.15, 0.2) is 78.6 Å². The molecule has 0 radical (unpaired) electrons. The summed E-state index contributed by atoms with van der Waals surface area (Å²) in [7, 11) is 1.88. The molecule has 1 aromatic heterocycles. The molecule has 3 aromatic rings. The molecular weight excluding hydrogens is 412 g/mol. The SMILES string of the molecule is CNC1=C(C=N)C2(CCN(C(=O)c3cncc(-c4ccccc4)c3)CC2)Oc2ccccc21. The Morgan fingerprint density at radius 1 is 1.06 bits per heavy atom. The van der Waals surface area contributed by atoms with E-state index < -0.39 is 5.60 Å². The molecule has 0 aliphatic carbocycles. The largest absolute Gasteiger partial charge is 0.482 e. The number of carbonyl (C=O) groups is 1. The summed E-state index contributed by atoms with van der Waals surface area (Å²) in [6.07, 6.45) is 6.05. The highest BCUT2D eigenvalue weighted by molar-refractivity contribution is 5.96. The number of rotatable bonds is 4. The summed E-state index contributed by atoms with van der Waals surface area (Å²) in [6, 6.07) is 19.8. The van der Waals surface area contributed by atoms with Crippen LogP contribution < -0.4 is 10.1 Å². The third kappa shape index (κ3) is 3.67. The van der Waals surface area contributed by atoms with Gasteiger partial charge in [-0.25, -0.2) is 0 Å². The lowest BCUT2D eigenvalue weighted by molar-refractivity contribution is 0.0291. The summed E-state index contributed by atoms with van der Waals surface area (Å²) >= 11 is 0. The monoisotopic (exact) mass is 438 g/mol. The molecule has 2 N–H and O–H groups in total. The van der Waals surface area contributed by atoms with Crippen molar-refractivity contribution < 1.29 is 9.53 Å². The van der Waals surface area contributed by atoms with Gasteiger partial charge in [0.05, 0.1) is 11.3 Å². The fourth-order valence-corrected chi connectivity index (χ4v) is 4.84. The molecule has 0 unspecified atom stereocenters. The summed E-state index contributed by atoms with van der Waals surface area (Å²) in [5.41, 5.74) is 4.65. The number of amides is 1. The number of piperidine rings is 1. The number of likely N-dealkylation sites (tertiary alicyclic amines) is 1. The molecule has 0 bridgehead atoms. The maximum Gasteiger partial charge on any atom is 0.255 e. The fraction of sp³-hybridized carbons (Fsp3) is 0.222. The Kier molecular flexibility index (Phi) is 5.42. The van der Waals surface area contributed by atoms with Crippen molar-refractivity contribution in [3.8, 4) is 16.9 Å². The van der Waals surface area contributed by atoms with Crippen molar-refractivity contribution >= 4 is 17.8 Å². The second kappa shape index (κ2) is 8.54. The van der Waals surface area contributed by atoms with Gasteiger partial charge in [-0.05, 0) is 23.8 Å². The van der Waals surface area contributed by atoms with Crippen LogP contribution in [0.25, 0.3) is 16.8 Å². The summed E-state index contributed by atoms with van der Waals surface area (Å²) in [5.74, 6) is 0.785. The number of ether oxygens (including phenoxy) is 1. The molecule has 1 spiro atoms. The highest BCUT2D eigenvalue weighted by Gasteiger charge is 2.45. The maximum atomic E-state index is 13.3. The smallest absolute Gasteiger partial charge is 0.255 e. The third-order valence-corrected chi connectivity index (χ3v) is 6.57. The van der Waals surface area contributed by atoms with Crippen molar-refractivity contribution in [3.05, 3.63) is 89.8 Å². The molecule has 0 atom stereocenters. The quantitative estimate of drug-likeness (QED) is 0.592. The highest BCUT2D eigenvalue weighted by Crippen LogP contribution is 2.44. The molecule has 166 valence electrons. The topological polar surface area (TPSA) is 78.3 Å². The Labute approximate surface area is 193 Å². The molecule has 0 saturated carbocycles. The summed E-state index contributed by atoms with van der Waals surface area (Å²) in [4.78, 5) is 19.5. The molecule has 2 aromatic carbocycles. The summed E-state index contributed by atoms with van der Waals surface area (Å²) < 4.78 is 6.51. The average Bonchev–Trinajstić information content (AvgIpc) is 2.88. The first-order chi connectivity index (χ1) is 16.1. The van der Waals surface area contributed by atoms with Crippen LogP contribution in [-0.4, -0.2) is 47.7 Å². The highest BCUT2D eigenvalue weighted by atomic mass is 16.5. The van der Waals surface area contributed by atoms with E-state index >= 15 is 0 Å². The number of para-hydroxylation sites is 1. The number of nitrogens with zero attached hydrogens (tertiary/aromatic N) is 2. The average molecular weight is 439 g/mol. The van der Waals surface area contributed by atoms with Gasteiger partial charge in [0.1, 0.15) is 11.4 Å². The van der Waals surface area contributed by atoms with E-state index in [2.05, 4.69) is 10.3 Å². The number of hydrogen-bond donors (Lipinski definition) is 2. The zero-order valence-electron chi connectivity index (χ0n) is 18.5. The Hall–Kier alpha value is -3.93. The zero-order valence-corrected chi connectivity index (χ0v) is 18.5. The number of fused-ring (bicyclic) bond motifs is 1. The fourth-order valence-electron chi connectivity index (χ4n) is 4.84. The van der Waals surface area contributed by atoms with Crippen molar-refractivity contribution in [2.75, 3.05) is 20.1 Å². The van der Waals surface area contributed by atoms with E-state index in [9.17, 15) is 4.79 Å². The minimum atomic E-state index is -0.616. The van der Waals surface area contributed by atoms with Gasteiger partial charge in [-0.15, -0.1) is 0 Å². The lowest BCUT2D eigenvalue weighted by Crippen LogP contribution is -2.53. The molecule has 2 aliphatic rings. The first-order valence-electron chi connectivity index (χ1n) is 11.2. The molecule has 5 rings (SSSR count). The molecule has 6 nitrogen and oxygen atoms in total. The first-order valence-corrected chi connectivity index (χ1v) is 11.2. The molecular formula is C27H26N4O2. The van der Waals surface area contributed by atoms with Crippen LogP contribution in [0.1, 0.15) is 28.8 Å². The van der Waals surface area contributed by atoms with E-state index in [0.29, 0.717) is 31.5 Å². The standard InChI is InChI=1S/C27H26N4O2/c1-29-25-22-9-5-6-10-24(22)33-27(23(25)16-28)11-13-31(14-12-27)26(32)21-15-20(17-30-18-21)19-7-3-2-4-8-19/h2-10,15-18,28-29H,11-14H2,1H3. The van der Waals surface area contributed by atoms with Crippen LogP contribution in [0.3, 0.4) is 0 Å². The number of benzene rings is 2. The Balaban J connectivity index is 1.38. The van der Waals surface area contributed by atoms with Crippen LogP contribution in [-0.2, 0) is 0 Å². The molecule has 33 heavy (non-hydrogen) atoms. The molecule has 1 amide bonds. The summed E-state index contributed by atoms with van der Waals surface area (Å²) in [5, 5.41) is 11.4. The molecule has 1 saturated heterocycles. The Morgan fingerprint density at radius 2 is 1.79 bits per heavy atom. The van der Waals surface area contributed by atoms with E-state index in [4.69, 9.17) is 10.1 Å². The van der Waals surface area contributed by atoms with Crippen LogP contribution in [0.4, 0.5) is 0 Å². The Morgan fingerprint density at radius 3 is 2.52 bits per heavy atom. The van der Waals surface area contributed by atoms with E-state index in [1.165, 1.54) is 6.21 Å². The normalized spacial score (nSPS) is 16.7. The van der Waals surface area contributed by atoms with Crippen LogP contribution in [0.2, 0.25) is 0 Å². The van der Waals surface area contributed by atoms with Crippen LogP contribution in [0, 0.1) is 5.41 Å². The first kappa shape index (κ1) is 20.9. The second-order valence-electron chi connectivity index (χ2n) is 8.40. The van der Waals surface area contributed by atoms with Gasteiger partial charge >= 0.3 is 0 Å². The second-order valence-corrected chi connectivity index (χ2v) is 8.40. The molecule has 1 fully saturated rings. The van der Waals surface area contributed by atoms with Crippen molar-refractivity contribution in [2.45, 2.75) is 18.4 Å². The van der Waals surface area contributed by atoms with Gasteiger partial charge in [0.15, 0.2) is 0 Å².